The summed E-state index contributed by atoms with van der Waals surface area (Å²) in [5, 5.41) is 6.84. The highest BCUT2D eigenvalue weighted by Gasteiger charge is 2.41. The number of para-hydroxylation sites is 2. The summed E-state index contributed by atoms with van der Waals surface area (Å²) in [6, 6.07) is 18.1. The third-order valence-electron chi connectivity index (χ3n) is 8.12. The molecule has 4 aliphatic rings. The highest BCUT2D eigenvalue weighted by atomic mass is 16.5. The fourth-order valence-electron chi connectivity index (χ4n) is 5.93. The zero-order valence-electron chi connectivity index (χ0n) is 22.2. The Morgan fingerprint density at radius 1 is 1.03 bits per heavy atom. The van der Waals surface area contributed by atoms with E-state index in [-0.39, 0.29) is 17.6 Å². The van der Waals surface area contributed by atoms with Crippen molar-refractivity contribution in [1.29, 1.82) is 0 Å². The summed E-state index contributed by atoms with van der Waals surface area (Å²) in [4.78, 5) is 17.9. The summed E-state index contributed by atoms with van der Waals surface area (Å²) >= 11 is 0. The number of hydrogen-bond donors (Lipinski definition) is 2. The monoisotopic (exact) mass is 500 g/mol. The Morgan fingerprint density at radius 3 is 2.57 bits per heavy atom. The Hall–Kier alpha value is -2.93. The molecule has 1 fully saturated rings. The molecule has 0 saturated carbocycles. The molecule has 37 heavy (non-hydrogen) atoms. The first-order chi connectivity index (χ1) is 18.0. The van der Waals surface area contributed by atoms with Gasteiger partial charge >= 0.3 is 0 Å². The minimum Gasteiger partial charge on any atom is -0.484 e. The van der Waals surface area contributed by atoms with Crippen LogP contribution in [0.5, 0.6) is 5.75 Å². The molecule has 6 nitrogen and oxygen atoms in total. The Labute approximate surface area is 221 Å². The molecule has 196 valence electrons. The number of amides is 1. The standard InChI is InChI=1S/C31H40N4O2/c1-24-9-8-12-26(21-24)31-16-19-35(20-17-31)22-30(36)33-27-13-6-7-14-29(27)37-28(15-18-32-23-34(31)2)25-10-4-3-5-11-25/h3-8,10-14,21,24,28,32H,9,15-20,22-23H2,1-2H3,(H,33,36). The number of anilines is 1. The molecule has 0 aromatic heterocycles. The van der Waals surface area contributed by atoms with Crippen LogP contribution in [0, 0.1) is 5.92 Å². The predicted octanol–water partition coefficient (Wildman–Crippen LogP) is 4.98. The minimum atomic E-state index is -0.121. The minimum absolute atomic E-state index is 0.00678. The lowest BCUT2D eigenvalue weighted by Gasteiger charge is -2.49. The molecular weight excluding hydrogens is 460 g/mol. The second kappa shape index (κ2) is 11.6. The van der Waals surface area contributed by atoms with Crippen molar-refractivity contribution in [2.75, 3.05) is 45.2 Å². The molecule has 2 N–H and O–H groups in total. The van der Waals surface area contributed by atoms with Crippen molar-refractivity contribution in [3.8, 4) is 5.75 Å². The molecule has 6 rings (SSSR count). The molecule has 3 aliphatic heterocycles. The number of nitrogens with one attached hydrogen (secondary N) is 2. The lowest BCUT2D eigenvalue weighted by Crippen LogP contribution is -2.57. The number of hydrogen-bond acceptors (Lipinski definition) is 5. The maximum Gasteiger partial charge on any atom is 0.238 e. The van der Waals surface area contributed by atoms with Crippen LogP contribution in [0.4, 0.5) is 5.69 Å². The highest BCUT2D eigenvalue weighted by molar-refractivity contribution is 5.93. The van der Waals surface area contributed by atoms with Gasteiger partial charge in [-0.1, -0.05) is 67.6 Å². The molecule has 2 bridgehead atoms. The topological polar surface area (TPSA) is 56.8 Å². The number of piperidine rings is 1. The Kier molecular flexibility index (Phi) is 8.08. The average Bonchev–Trinajstić information content (AvgIpc) is 2.91. The number of likely N-dealkylation sites (N-methyl/N-ethyl adjacent to an activating group) is 1. The van der Waals surface area contributed by atoms with E-state index < -0.39 is 0 Å². The largest absolute Gasteiger partial charge is 0.484 e. The Bertz CT molecular complexity index is 1120. The van der Waals surface area contributed by atoms with E-state index in [2.05, 4.69) is 64.8 Å². The second-order valence-corrected chi connectivity index (χ2v) is 10.8. The molecule has 6 heteroatoms. The van der Waals surface area contributed by atoms with E-state index in [0.717, 1.165) is 63.2 Å². The third-order valence-corrected chi connectivity index (χ3v) is 8.12. The molecular formula is C31H40N4O2. The van der Waals surface area contributed by atoms with E-state index in [4.69, 9.17) is 4.74 Å². The summed E-state index contributed by atoms with van der Waals surface area (Å²) < 4.78 is 6.55. The van der Waals surface area contributed by atoms with E-state index in [0.29, 0.717) is 18.2 Å². The Balaban J connectivity index is 1.42. The van der Waals surface area contributed by atoms with Crippen molar-refractivity contribution < 1.29 is 9.53 Å². The number of rotatable bonds is 2. The molecule has 0 radical (unpaired) electrons. The van der Waals surface area contributed by atoms with E-state index >= 15 is 0 Å². The first kappa shape index (κ1) is 25.7. The van der Waals surface area contributed by atoms with E-state index in [9.17, 15) is 4.79 Å². The van der Waals surface area contributed by atoms with Crippen molar-refractivity contribution in [3.63, 3.8) is 0 Å². The van der Waals surface area contributed by atoms with Crippen LogP contribution in [0.2, 0.25) is 0 Å². The molecule has 2 atom stereocenters. The highest BCUT2D eigenvalue weighted by Crippen LogP contribution is 2.38. The van der Waals surface area contributed by atoms with Crippen LogP contribution in [0.15, 0.2) is 78.4 Å². The van der Waals surface area contributed by atoms with Gasteiger partial charge in [0.05, 0.1) is 12.2 Å². The molecule has 2 aromatic carbocycles. The number of carbonyl (C=O) groups is 1. The predicted molar refractivity (Wildman–Crippen MR) is 150 cm³/mol. The molecule has 2 aromatic rings. The maximum atomic E-state index is 13.1. The van der Waals surface area contributed by atoms with Gasteiger partial charge in [0.15, 0.2) is 0 Å². The third kappa shape index (κ3) is 5.98. The fraction of sp³-hybridized carbons (Fsp3) is 0.452. The molecule has 1 amide bonds. The van der Waals surface area contributed by atoms with Gasteiger partial charge in [-0.3, -0.25) is 14.6 Å². The van der Waals surface area contributed by atoms with Gasteiger partial charge in [0.25, 0.3) is 0 Å². The van der Waals surface area contributed by atoms with Crippen molar-refractivity contribution in [3.05, 3.63) is 84.0 Å². The van der Waals surface area contributed by atoms with Gasteiger partial charge in [0.2, 0.25) is 5.91 Å². The van der Waals surface area contributed by atoms with Crippen LogP contribution in [-0.2, 0) is 4.79 Å². The molecule has 1 saturated heterocycles. The summed E-state index contributed by atoms with van der Waals surface area (Å²) in [6.07, 6.45) is 11.0. The molecule has 0 spiro atoms. The first-order valence-corrected chi connectivity index (χ1v) is 13.7. The summed E-state index contributed by atoms with van der Waals surface area (Å²) in [5.41, 5.74) is 3.27. The number of ether oxygens (including phenoxy) is 1. The molecule has 1 aliphatic carbocycles. The van der Waals surface area contributed by atoms with E-state index in [1.54, 1.807) is 0 Å². The van der Waals surface area contributed by atoms with Gasteiger partial charge in [0.1, 0.15) is 11.9 Å². The van der Waals surface area contributed by atoms with Gasteiger partial charge in [0, 0.05) is 38.3 Å². The summed E-state index contributed by atoms with van der Waals surface area (Å²) in [7, 11) is 2.24. The zero-order chi connectivity index (χ0) is 25.7. The van der Waals surface area contributed by atoms with Crippen LogP contribution in [0.25, 0.3) is 0 Å². The summed E-state index contributed by atoms with van der Waals surface area (Å²) in [5.74, 6) is 1.27. The van der Waals surface area contributed by atoms with Crippen molar-refractivity contribution in [1.82, 2.24) is 15.1 Å². The van der Waals surface area contributed by atoms with Crippen LogP contribution in [-0.4, -0.2) is 61.1 Å². The van der Waals surface area contributed by atoms with Gasteiger partial charge in [-0.25, -0.2) is 0 Å². The summed E-state index contributed by atoms with van der Waals surface area (Å²) in [6.45, 7) is 6.11. The van der Waals surface area contributed by atoms with Crippen molar-refractivity contribution in [2.24, 2.45) is 5.92 Å². The van der Waals surface area contributed by atoms with Gasteiger partial charge < -0.3 is 15.4 Å². The normalized spacial score (nSPS) is 29.6. The second-order valence-electron chi connectivity index (χ2n) is 10.8. The van der Waals surface area contributed by atoms with Crippen LogP contribution in [0.1, 0.15) is 44.3 Å². The quantitative estimate of drug-likeness (QED) is 0.609. The lowest BCUT2D eigenvalue weighted by atomic mass is 9.76. The van der Waals surface area contributed by atoms with Gasteiger partial charge in [-0.05, 0) is 55.5 Å². The number of allylic oxidation sites excluding steroid dienone is 2. The van der Waals surface area contributed by atoms with E-state index in [1.165, 1.54) is 5.57 Å². The fourth-order valence-corrected chi connectivity index (χ4v) is 5.93. The molecule has 2 unspecified atom stereocenters. The number of nitrogens with zero attached hydrogens (tertiary/aromatic N) is 2. The molecule has 3 heterocycles. The van der Waals surface area contributed by atoms with Crippen molar-refractivity contribution >= 4 is 11.6 Å². The Morgan fingerprint density at radius 2 is 1.78 bits per heavy atom. The van der Waals surface area contributed by atoms with Crippen LogP contribution < -0.4 is 15.4 Å². The zero-order valence-corrected chi connectivity index (χ0v) is 22.2. The SMILES string of the molecule is CC1C=C(C23CCN(CC2)CC(=O)Nc2ccccc2OC(c2ccccc2)CCNCN3C)C=CC1. The number of benzene rings is 2. The maximum absolute atomic E-state index is 13.1. The van der Waals surface area contributed by atoms with Crippen LogP contribution >= 0.6 is 0 Å². The first-order valence-electron chi connectivity index (χ1n) is 13.7. The van der Waals surface area contributed by atoms with E-state index in [1.807, 2.05) is 42.5 Å². The average molecular weight is 501 g/mol. The van der Waals surface area contributed by atoms with Crippen LogP contribution in [0.3, 0.4) is 0 Å². The smallest absolute Gasteiger partial charge is 0.238 e. The van der Waals surface area contributed by atoms with Gasteiger partial charge in [-0.15, -0.1) is 0 Å². The lowest BCUT2D eigenvalue weighted by molar-refractivity contribution is -0.117. The number of fused-ring (bicyclic) bond motifs is 10. The van der Waals surface area contributed by atoms with Gasteiger partial charge in [-0.2, -0.15) is 0 Å². The van der Waals surface area contributed by atoms with Crippen molar-refractivity contribution in [2.45, 2.75) is 44.2 Å². The number of carbonyl (C=O) groups excluding carboxylic acids is 1.